The van der Waals surface area contributed by atoms with Crippen molar-refractivity contribution in [2.75, 3.05) is 6.54 Å². The Labute approximate surface area is 124 Å². The lowest BCUT2D eigenvalue weighted by molar-refractivity contribution is -0.142. The summed E-state index contributed by atoms with van der Waals surface area (Å²) in [4.78, 5) is 25.0. The number of carboxylic acid groups (broad SMARTS) is 1. The molecule has 5 nitrogen and oxygen atoms in total. The zero-order valence-electron chi connectivity index (χ0n) is 11.7. The van der Waals surface area contributed by atoms with Gasteiger partial charge in [0.2, 0.25) is 0 Å². The molecule has 2 amide bonds. The molecule has 0 saturated heterocycles. The van der Waals surface area contributed by atoms with Gasteiger partial charge < -0.3 is 15.3 Å². The van der Waals surface area contributed by atoms with Crippen LogP contribution in [0.2, 0.25) is 0 Å². The molecule has 1 atom stereocenters. The minimum absolute atomic E-state index is 0.314. The van der Waals surface area contributed by atoms with Crippen LogP contribution < -0.4 is 5.32 Å². The second-order valence-electron chi connectivity index (χ2n) is 4.99. The zero-order chi connectivity index (χ0) is 15.2. The average Bonchev–Trinajstić information content (AvgIpc) is 2.50. The summed E-state index contributed by atoms with van der Waals surface area (Å²) in [7, 11) is 0. The first-order valence-corrected chi connectivity index (χ1v) is 6.91. The van der Waals surface area contributed by atoms with Gasteiger partial charge >= 0.3 is 12.0 Å². The van der Waals surface area contributed by atoms with Crippen LogP contribution in [0.4, 0.5) is 4.79 Å². The molecule has 1 aliphatic heterocycles. The molecular formula is C16H18N2O3. The fraction of sp³-hybridized carbons (Fsp3) is 0.375. The second-order valence-corrected chi connectivity index (χ2v) is 4.99. The third-order valence-electron chi connectivity index (χ3n) is 3.57. The van der Waals surface area contributed by atoms with Crippen molar-refractivity contribution >= 4 is 12.0 Å². The van der Waals surface area contributed by atoms with Crippen LogP contribution in [0.3, 0.4) is 0 Å². The van der Waals surface area contributed by atoms with E-state index in [0.29, 0.717) is 32.4 Å². The van der Waals surface area contributed by atoms with Crippen molar-refractivity contribution in [2.24, 2.45) is 0 Å². The lowest BCUT2D eigenvalue weighted by Gasteiger charge is -2.34. The maximum absolute atomic E-state index is 12.2. The van der Waals surface area contributed by atoms with Gasteiger partial charge in [0.15, 0.2) is 0 Å². The summed E-state index contributed by atoms with van der Waals surface area (Å²) in [6.07, 6.45) is 6.76. The quantitative estimate of drug-likeness (QED) is 0.653. The maximum Gasteiger partial charge on any atom is 0.326 e. The van der Waals surface area contributed by atoms with E-state index < -0.39 is 12.0 Å². The van der Waals surface area contributed by atoms with Gasteiger partial charge in [-0.3, -0.25) is 0 Å². The van der Waals surface area contributed by atoms with Crippen LogP contribution in [-0.4, -0.2) is 34.6 Å². The number of terminal acetylenes is 1. The number of benzene rings is 1. The molecule has 2 N–H and O–H groups in total. The van der Waals surface area contributed by atoms with Gasteiger partial charge in [0.05, 0.1) is 0 Å². The molecule has 1 aromatic rings. The summed E-state index contributed by atoms with van der Waals surface area (Å²) in [6, 6.07) is 6.43. The number of hydrogen-bond acceptors (Lipinski definition) is 2. The minimum atomic E-state index is -0.983. The zero-order valence-corrected chi connectivity index (χ0v) is 11.7. The van der Waals surface area contributed by atoms with Gasteiger partial charge in [-0.15, -0.1) is 12.3 Å². The van der Waals surface area contributed by atoms with E-state index in [0.717, 1.165) is 11.1 Å². The molecule has 110 valence electrons. The normalized spacial score (nSPS) is 16.7. The Hall–Kier alpha value is -2.48. The molecule has 0 radical (unpaired) electrons. The number of rotatable bonds is 4. The lowest BCUT2D eigenvalue weighted by atomic mass is 9.94. The molecule has 0 aliphatic carbocycles. The van der Waals surface area contributed by atoms with Crippen molar-refractivity contribution in [3.8, 4) is 12.3 Å². The van der Waals surface area contributed by atoms with E-state index in [4.69, 9.17) is 6.42 Å². The van der Waals surface area contributed by atoms with Gasteiger partial charge in [0.25, 0.3) is 0 Å². The van der Waals surface area contributed by atoms with Crippen molar-refractivity contribution in [3.05, 3.63) is 35.4 Å². The summed E-state index contributed by atoms with van der Waals surface area (Å²) in [5.41, 5.74) is 1.98. The van der Waals surface area contributed by atoms with Gasteiger partial charge in [0, 0.05) is 25.9 Å². The number of nitrogens with one attached hydrogen (secondary N) is 1. The maximum atomic E-state index is 12.2. The predicted octanol–water partition coefficient (Wildman–Crippen LogP) is 1.62. The summed E-state index contributed by atoms with van der Waals surface area (Å²) in [6.45, 7) is 0.766. The minimum Gasteiger partial charge on any atom is -0.480 e. The van der Waals surface area contributed by atoms with Crippen molar-refractivity contribution in [3.63, 3.8) is 0 Å². The highest BCUT2D eigenvalue weighted by Gasteiger charge is 2.34. The summed E-state index contributed by atoms with van der Waals surface area (Å²) >= 11 is 0. The molecule has 0 fully saturated rings. The van der Waals surface area contributed by atoms with Gasteiger partial charge in [-0.25, -0.2) is 9.59 Å². The smallest absolute Gasteiger partial charge is 0.326 e. The number of nitrogens with zero attached hydrogens (tertiary/aromatic N) is 1. The number of carbonyl (C=O) groups excluding carboxylic acids is 1. The third kappa shape index (κ3) is 3.54. The van der Waals surface area contributed by atoms with E-state index in [9.17, 15) is 14.7 Å². The topological polar surface area (TPSA) is 69.6 Å². The first-order valence-electron chi connectivity index (χ1n) is 6.91. The highest BCUT2D eigenvalue weighted by molar-refractivity contribution is 5.83. The molecule has 1 aliphatic rings. The van der Waals surface area contributed by atoms with Crippen molar-refractivity contribution in [1.82, 2.24) is 10.2 Å². The van der Waals surface area contributed by atoms with E-state index in [1.807, 2.05) is 24.3 Å². The number of fused-ring (bicyclic) bond motifs is 1. The molecule has 1 aromatic carbocycles. The highest BCUT2D eigenvalue weighted by atomic mass is 16.4. The number of urea groups is 1. The summed E-state index contributed by atoms with van der Waals surface area (Å²) < 4.78 is 0. The Bertz CT molecular complexity index is 577. The fourth-order valence-corrected chi connectivity index (χ4v) is 2.44. The van der Waals surface area contributed by atoms with Crippen LogP contribution in [0.25, 0.3) is 0 Å². The van der Waals surface area contributed by atoms with E-state index in [-0.39, 0.29) is 6.03 Å². The molecule has 5 heteroatoms. The van der Waals surface area contributed by atoms with Crippen LogP contribution in [-0.2, 0) is 17.8 Å². The first-order chi connectivity index (χ1) is 10.1. The van der Waals surface area contributed by atoms with E-state index >= 15 is 0 Å². The largest absolute Gasteiger partial charge is 0.480 e. The number of carboxylic acids is 1. The molecule has 0 bridgehead atoms. The van der Waals surface area contributed by atoms with Crippen molar-refractivity contribution < 1.29 is 14.7 Å². The Balaban J connectivity index is 2.08. The molecule has 2 rings (SSSR count). The molecule has 0 unspecified atom stereocenters. The Morgan fingerprint density at radius 2 is 2.10 bits per heavy atom. The summed E-state index contributed by atoms with van der Waals surface area (Å²) in [5.74, 6) is 1.52. The number of carbonyl (C=O) groups is 2. The van der Waals surface area contributed by atoms with Crippen LogP contribution in [0.1, 0.15) is 24.0 Å². The molecule has 1 heterocycles. The molecule has 0 saturated carbocycles. The van der Waals surface area contributed by atoms with Crippen LogP contribution in [0.15, 0.2) is 24.3 Å². The Morgan fingerprint density at radius 3 is 2.76 bits per heavy atom. The van der Waals surface area contributed by atoms with Crippen molar-refractivity contribution in [1.29, 1.82) is 0 Å². The van der Waals surface area contributed by atoms with E-state index in [2.05, 4.69) is 11.2 Å². The van der Waals surface area contributed by atoms with Gasteiger partial charge in [0.1, 0.15) is 6.04 Å². The van der Waals surface area contributed by atoms with E-state index in [1.54, 1.807) is 0 Å². The second kappa shape index (κ2) is 6.80. The number of amides is 2. The average molecular weight is 286 g/mol. The number of aliphatic carboxylic acids is 1. The SMILES string of the molecule is C#CCCCNC(=O)N1Cc2ccccc2C[C@H]1C(=O)O. The predicted molar refractivity (Wildman–Crippen MR) is 78.6 cm³/mol. The molecular weight excluding hydrogens is 268 g/mol. The van der Waals surface area contributed by atoms with Crippen LogP contribution >= 0.6 is 0 Å². The molecule has 0 aromatic heterocycles. The van der Waals surface area contributed by atoms with Gasteiger partial charge in [-0.2, -0.15) is 0 Å². The van der Waals surface area contributed by atoms with Gasteiger partial charge in [-0.1, -0.05) is 24.3 Å². The lowest BCUT2D eigenvalue weighted by Crippen LogP contribution is -2.52. The monoisotopic (exact) mass is 286 g/mol. The first kappa shape index (κ1) is 14.9. The Morgan fingerprint density at radius 1 is 1.38 bits per heavy atom. The molecule has 0 spiro atoms. The summed E-state index contributed by atoms with van der Waals surface area (Å²) in [5, 5.41) is 12.1. The van der Waals surface area contributed by atoms with Gasteiger partial charge in [-0.05, 0) is 17.5 Å². The fourth-order valence-electron chi connectivity index (χ4n) is 2.44. The Kier molecular flexibility index (Phi) is 4.83. The number of unbranched alkanes of at least 4 members (excludes halogenated alkanes) is 1. The highest BCUT2D eigenvalue weighted by Crippen LogP contribution is 2.23. The van der Waals surface area contributed by atoms with E-state index in [1.165, 1.54) is 4.90 Å². The van der Waals surface area contributed by atoms with Crippen LogP contribution in [0.5, 0.6) is 0 Å². The standard InChI is InChI=1S/C16H18N2O3/c1-2-3-6-9-17-16(21)18-11-13-8-5-4-7-12(13)10-14(18)15(19)20/h1,4-5,7-8,14H,3,6,9-11H2,(H,17,21)(H,19,20)/t14-/m0/s1. The van der Waals surface area contributed by atoms with Crippen LogP contribution in [0, 0.1) is 12.3 Å². The number of hydrogen-bond donors (Lipinski definition) is 2. The molecule has 21 heavy (non-hydrogen) atoms. The third-order valence-corrected chi connectivity index (χ3v) is 3.57. The van der Waals surface area contributed by atoms with Crippen molar-refractivity contribution in [2.45, 2.75) is 31.8 Å².